The van der Waals surface area contributed by atoms with Crippen molar-refractivity contribution < 1.29 is 0 Å². The molecule has 5 heteroatoms. The highest BCUT2D eigenvalue weighted by atomic mass is 15.4. The maximum absolute atomic E-state index is 4.72. The van der Waals surface area contributed by atoms with Gasteiger partial charge >= 0.3 is 0 Å². The predicted octanol–water partition coefficient (Wildman–Crippen LogP) is 1.68. The van der Waals surface area contributed by atoms with E-state index >= 15 is 0 Å². The third-order valence-corrected chi connectivity index (χ3v) is 4.88. The molecule has 2 aliphatic rings. The van der Waals surface area contributed by atoms with Gasteiger partial charge < -0.3 is 10.2 Å². The Morgan fingerprint density at radius 2 is 2.21 bits per heavy atom. The van der Waals surface area contributed by atoms with E-state index in [0.717, 1.165) is 43.7 Å². The van der Waals surface area contributed by atoms with Crippen molar-refractivity contribution >= 4 is 5.95 Å². The molecule has 0 bridgehead atoms. The van der Waals surface area contributed by atoms with Crippen LogP contribution in [-0.2, 0) is 5.41 Å². The predicted molar refractivity (Wildman–Crippen MR) is 76.4 cm³/mol. The lowest BCUT2D eigenvalue weighted by molar-refractivity contribution is 0.340. The lowest BCUT2D eigenvalue weighted by Gasteiger charge is -2.24. The van der Waals surface area contributed by atoms with Crippen molar-refractivity contribution in [1.82, 2.24) is 20.5 Å². The van der Waals surface area contributed by atoms with Gasteiger partial charge in [-0.05, 0) is 31.7 Å². The van der Waals surface area contributed by atoms with Crippen molar-refractivity contribution in [2.75, 3.05) is 24.5 Å². The van der Waals surface area contributed by atoms with Gasteiger partial charge in [-0.1, -0.05) is 20.8 Å². The van der Waals surface area contributed by atoms with Crippen molar-refractivity contribution in [3.63, 3.8) is 0 Å². The van der Waals surface area contributed by atoms with Gasteiger partial charge in [0.1, 0.15) is 5.82 Å². The van der Waals surface area contributed by atoms with E-state index in [-0.39, 0.29) is 5.41 Å². The second-order valence-corrected chi connectivity index (χ2v) is 6.59. The van der Waals surface area contributed by atoms with Crippen molar-refractivity contribution in [1.29, 1.82) is 0 Å². The Hall–Kier alpha value is -1.10. The fraction of sp³-hybridized carbons (Fsp3) is 0.857. The molecule has 2 fully saturated rings. The van der Waals surface area contributed by atoms with Gasteiger partial charge in [0.2, 0.25) is 5.95 Å². The summed E-state index contributed by atoms with van der Waals surface area (Å²) >= 11 is 0. The molecule has 2 N–H and O–H groups in total. The standard InChI is InChI=1S/C14H25N5/c1-4-14(2,3)12-16-13(18-17-12)19-8-10-6-5-7-15-11(10)9-19/h10-11,15H,4-9H2,1-3H3,(H,16,17,18). The molecular weight excluding hydrogens is 238 g/mol. The third-order valence-electron chi connectivity index (χ3n) is 4.88. The van der Waals surface area contributed by atoms with Crippen LogP contribution in [0.3, 0.4) is 0 Å². The number of hydrogen-bond donors (Lipinski definition) is 2. The van der Waals surface area contributed by atoms with Crippen LogP contribution in [0.2, 0.25) is 0 Å². The fourth-order valence-corrected chi connectivity index (χ4v) is 3.07. The molecule has 3 heterocycles. The molecule has 0 saturated carbocycles. The average Bonchev–Trinajstić information content (AvgIpc) is 3.05. The van der Waals surface area contributed by atoms with E-state index in [2.05, 4.69) is 41.2 Å². The highest BCUT2D eigenvalue weighted by Gasteiger charge is 2.36. The van der Waals surface area contributed by atoms with Gasteiger partial charge in [0.05, 0.1) is 0 Å². The molecular formula is C14H25N5. The topological polar surface area (TPSA) is 56.8 Å². The van der Waals surface area contributed by atoms with Crippen LogP contribution in [0, 0.1) is 5.92 Å². The molecule has 2 atom stereocenters. The van der Waals surface area contributed by atoms with Crippen molar-refractivity contribution in [3.8, 4) is 0 Å². The Morgan fingerprint density at radius 3 is 2.95 bits per heavy atom. The molecule has 1 aromatic rings. The summed E-state index contributed by atoms with van der Waals surface area (Å²) in [6.07, 6.45) is 3.71. The average molecular weight is 263 g/mol. The zero-order valence-electron chi connectivity index (χ0n) is 12.2. The number of aromatic nitrogens is 3. The molecule has 3 rings (SSSR count). The van der Waals surface area contributed by atoms with E-state index in [1.54, 1.807) is 0 Å². The number of aromatic amines is 1. The summed E-state index contributed by atoms with van der Waals surface area (Å²) in [6.45, 7) is 9.93. The molecule has 106 valence electrons. The summed E-state index contributed by atoms with van der Waals surface area (Å²) in [5.41, 5.74) is 0.0793. The van der Waals surface area contributed by atoms with Crippen molar-refractivity contribution in [3.05, 3.63) is 5.82 Å². The number of nitrogens with one attached hydrogen (secondary N) is 2. The Morgan fingerprint density at radius 1 is 1.37 bits per heavy atom. The van der Waals surface area contributed by atoms with E-state index in [4.69, 9.17) is 4.98 Å². The summed E-state index contributed by atoms with van der Waals surface area (Å²) in [5.74, 6) is 2.66. The second-order valence-electron chi connectivity index (χ2n) is 6.59. The zero-order chi connectivity index (χ0) is 13.5. The van der Waals surface area contributed by atoms with Crippen LogP contribution in [-0.4, -0.2) is 40.9 Å². The van der Waals surface area contributed by atoms with Gasteiger partial charge in [-0.25, -0.2) is 0 Å². The van der Waals surface area contributed by atoms with Gasteiger partial charge in [-0.15, -0.1) is 5.10 Å². The lowest BCUT2D eigenvalue weighted by Crippen LogP contribution is -2.40. The second kappa shape index (κ2) is 4.78. The normalized spacial score (nSPS) is 27.6. The summed E-state index contributed by atoms with van der Waals surface area (Å²) < 4.78 is 0. The minimum Gasteiger partial charge on any atom is -0.338 e. The molecule has 5 nitrogen and oxygen atoms in total. The smallest absolute Gasteiger partial charge is 0.244 e. The van der Waals surface area contributed by atoms with Crippen LogP contribution >= 0.6 is 0 Å². The minimum absolute atomic E-state index is 0.0793. The monoisotopic (exact) mass is 263 g/mol. The first-order valence-corrected chi connectivity index (χ1v) is 7.51. The molecule has 0 amide bonds. The maximum atomic E-state index is 4.72. The number of anilines is 1. The van der Waals surface area contributed by atoms with E-state index in [1.807, 2.05) is 0 Å². The molecule has 0 radical (unpaired) electrons. The van der Waals surface area contributed by atoms with Crippen LogP contribution in [0.1, 0.15) is 45.9 Å². The number of H-pyrrole nitrogens is 1. The Bertz CT molecular complexity index is 425. The van der Waals surface area contributed by atoms with Crippen molar-refractivity contribution in [2.45, 2.75) is 51.5 Å². The summed E-state index contributed by atoms with van der Waals surface area (Å²) in [4.78, 5) is 7.06. The van der Waals surface area contributed by atoms with Gasteiger partial charge in [0.15, 0.2) is 0 Å². The third kappa shape index (κ3) is 2.36. The minimum atomic E-state index is 0.0793. The largest absolute Gasteiger partial charge is 0.338 e. The highest BCUT2D eigenvalue weighted by molar-refractivity contribution is 5.33. The zero-order valence-corrected chi connectivity index (χ0v) is 12.2. The molecule has 2 unspecified atom stereocenters. The molecule has 19 heavy (non-hydrogen) atoms. The Kier molecular flexibility index (Phi) is 3.25. The SMILES string of the molecule is CCC(C)(C)c1nc(N2CC3CCCNC3C2)n[nH]1. The number of hydrogen-bond acceptors (Lipinski definition) is 4. The number of rotatable bonds is 3. The van der Waals surface area contributed by atoms with Gasteiger partial charge in [0.25, 0.3) is 0 Å². The first kappa shape index (κ1) is 12.9. The van der Waals surface area contributed by atoms with Crippen molar-refractivity contribution in [2.24, 2.45) is 5.92 Å². The molecule has 0 spiro atoms. The van der Waals surface area contributed by atoms with E-state index in [0.29, 0.717) is 6.04 Å². The quantitative estimate of drug-likeness (QED) is 0.871. The fourth-order valence-electron chi connectivity index (χ4n) is 3.07. The van der Waals surface area contributed by atoms with Crippen LogP contribution in [0.4, 0.5) is 5.95 Å². The number of nitrogens with zero attached hydrogens (tertiary/aromatic N) is 3. The molecule has 2 aliphatic heterocycles. The van der Waals surface area contributed by atoms with E-state index in [1.165, 1.54) is 12.8 Å². The summed E-state index contributed by atoms with van der Waals surface area (Å²) in [5, 5.41) is 11.2. The first-order chi connectivity index (χ1) is 9.10. The molecule has 2 saturated heterocycles. The Balaban J connectivity index is 1.73. The van der Waals surface area contributed by atoms with Gasteiger partial charge in [-0.2, -0.15) is 4.98 Å². The number of piperidine rings is 1. The van der Waals surface area contributed by atoms with Gasteiger partial charge in [0, 0.05) is 24.5 Å². The lowest BCUT2D eigenvalue weighted by atomic mass is 9.90. The van der Waals surface area contributed by atoms with Crippen LogP contribution < -0.4 is 10.2 Å². The molecule has 0 aliphatic carbocycles. The van der Waals surface area contributed by atoms with E-state index < -0.39 is 0 Å². The van der Waals surface area contributed by atoms with Gasteiger partial charge in [-0.3, -0.25) is 5.10 Å². The Labute approximate surface area is 115 Å². The maximum Gasteiger partial charge on any atom is 0.244 e. The van der Waals surface area contributed by atoms with Crippen LogP contribution in [0.5, 0.6) is 0 Å². The van der Waals surface area contributed by atoms with Crippen LogP contribution in [0.15, 0.2) is 0 Å². The number of fused-ring (bicyclic) bond motifs is 1. The first-order valence-electron chi connectivity index (χ1n) is 7.51. The van der Waals surface area contributed by atoms with E-state index in [9.17, 15) is 0 Å². The molecule has 1 aromatic heterocycles. The van der Waals surface area contributed by atoms with Crippen LogP contribution in [0.25, 0.3) is 0 Å². The summed E-state index contributed by atoms with van der Waals surface area (Å²) in [7, 11) is 0. The highest BCUT2D eigenvalue weighted by Crippen LogP contribution is 2.29. The molecule has 0 aromatic carbocycles. The summed E-state index contributed by atoms with van der Waals surface area (Å²) in [6, 6.07) is 0.634.